The quantitative estimate of drug-likeness (QED) is 0.442. The Morgan fingerprint density at radius 1 is 0.588 bits per heavy atom. The number of carbonyl (C=O) groups is 3. The van der Waals surface area contributed by atoms with Crippen molar-refractivity contribution >= 4 is 39.9 Å². The molecule has 1 unspecified atom stereocenters. The van der Waals surface area contributed by atoms with Crippen LogP contribution in [-0.2, 0) is 0 Å². The lowest BCUT2D eigenvalue weighted by Gasteiger charge is -2.36. The average Bonchev–Trinajstić information content (AvgIpc) is 2.83. The second-order valence-corrected chi connectivity index (χ2v) is 8.78. The van der Waals surface area contributed by atoms with Crippen LogP contribution in [0.4, 0.5) is 11.4 Å². The van der Waals surface area contributed by atoms with E-state index in [9.17, 15) is 19.5 Å². The van der Waals surface area contributed by atoms with Crippen LogP contribution in [0.25, 0.3) is 10.8 Å². The Balaban J connectivity index is 1.54. The minimum absolute atomic E-state index is 0.333. The number of anilines is 2. The largest absolute Gasteiger partial charge is 0.369 e. The van der Waals surface area contributed by atoms with Gasteiger partial charge in [0.25, 0.3) is 17.7 Å². The number of imide groups is 1. The van der Waals surface area contributed by atoms with Gasteiger partial charge in [-0.25, -0.2) is 4.90 Å². The molecular formula is C28H20N2O4. The van der Waals surface area contributed by atoms with E-state index in [0.717, 1.165) is 11.1 Å². The van der Waals surface area contributed by atoms with Crippen molar-refractivity contribution in [1.82, 2.24) is 0 Å². The van der Waals surface area contributed by atoms with Gasteiger partial charge in [0.15, 0.2) is 6.23 Å². The van der Waals surface area contributed by atoms with E-state index in [4.69, 9.17) is 0 Å². The molecule has 2 aliphatic heterocycles. The van der Waals surface area contributed by atoms with Gasteiger partial charge < -0.3 is 5.11 Å². The summed E-state index contributed by atoms with van der Waals surface area (Å²) in [6.45, 7) is 3.88. The molecule has 1 atom stereocenters. The molecule has 0 saturated heterocycles. The third-order valence-corrected chi connectivity index (χ3v) is 6.64. The number of hydrogen-bond acceptors (Lipinski definition) is 4. The standard InChI is InChI=1S/C28H20N2O4/c1-15-3-7-17(8-4-15)29-25(31)19-11-13-21-24-22(14-12-20(23(19)24)26(29)32)28(34)30(27(21)33)18-9-5-16(2)6-10-18/h3-14,25,31H,1-2H3. The first kappa shape index (κ1) is 20.3. The van der Waals surface area contributed by atoms with Crippen LogP contribution in [0.2, 0.25) is 0 Å². The Morgan fingerprint density at radius 3 is 1.62 bits per heavy atom. The van der Waals surface area contributed by atoms with Crippen LogP contribution >= 0.6 is 0 Å². The predicted molar refractivity (Wildman–Crippen MR) is 129 cm³/mol. The van der Waals surface area contributed by atoms with Crippen LogP contribution in [-0.4, -0.2) is 22.8 Å². The van der Waals surface area contributed by atoms with Crippen molar-refractivity contribution in [3.8, 4) is 0 Å². The van der Waals surface area contributed by atoms with Crippen molar-refractivity contribution in [2.24, 2.45) is 0 Å². The zero-order valence-corrected chi connectivity index (χ0v) is 18.6. The Morgan fingerprint density at radius 2 is 1.06 bits per heavy atom. The summed E-state index contributed by atoms with van der Waals surface area (Å²) < 4.78 is 0. The van der Waals surface area contributed by atoms with Crippen LogP contribution < -0.4 is 9.80 Å². The van der Waals surface area contributed by atoms with E-state index in [1.165, 1.54) is 9.80 Å². The van der Waals surface area contributed by atoms with Crippen molar-refractivity contribution in [3.63, 3.8) is 0 Å². The van der Waals surface area contributed by atoms with Crippen LogP contribution in [0, 0.1) is 13.8 Å². The SMILES string of the molecule is Cc1ccc(N2C(=O)c3ccc4c5c(ccc(c35)C2=O)C(O)N(c2ccc(C)cc2)C4=O)cc1. The maximum absolute atomic E-state index is 13.5. The van der Waals surface area contributed by atoms with E-state index in [1.54, 1.807) is 48.5 Å². The molecule has 0 bridgehead atoms. The molecule has 4 aromatic rings. The highest BCUT2D eigenvalue weighted by molar-refractivity contribution is 6.37. The van der Waals surface area contributed by atoms with Crippen molar-refractivity contribution < 1.29 is 19.5 Å². The molecule has 2 heterocycles. The fourth-order valence-electron chi connectivity index (χ4n) is 4.88. The van der Waals surface area contributed by atoms with E-state index in [-0.39, 0.29) is 5.91 Å². The molecule has 0 aromatic heterocycles. The van der Waals surface area contributed by atoms with Crippen LogP contribution in [0.5, 0.6) is 0 Å². The number of aryl methyl sites for hydroxylation is 2. The number of carbonyl (C=O) groups excluding carboxylic acids is 3. The second-order valence-electron chi connectivity index (χ2n) is 8.78. The van der Waals surface area contributed by atoms with Crippen LogP contribution in [0.15, 0.2) is 72.8 Å². The first-order chi connectivity index (χ1) is 16.4. The number of rotatable bonds is 2. The Bertz CT molecular complexity index is 1520. The minimum atomic E-state index is -1.24. The summed E-state index contributed by atoms with van der Waals surface area (Å²) in [6.07, 6.45) is -1.24. The second kappa shape index (κ2) is 7.10. The molecule has 4 aromatic carbocycles. The highest BCUT2D eigenvalue weighted by Crippen LogP contribution is 2.43. The lowest BCUT2D eigenvalue weighted by atomic mass is 9.85. The lowest BCUT2D eigenvalue weighted by molar-refractivity contribution is 0.0866. The Kier molecular flexibility index (Phi) is 4.25. The van der Waals surface area contributed by atoms with Gasteiger partial charge in [-0.1, -0.05) is 41.5 Å². The molecule has 3 amide bonds. The van der Waals surface area contributed by atoms with Gasteiger partial charge in [-0.05, 0) is 56.3 Å². The van der Waals surface area contributed by atoms with Gasteiger partial charge >= 0.3 is 0 Å². The van der Waals surface area contributed by atoms with Gasteiger partial charge in [-0.15, -0.1) is 0 Å². The van der Waals surface area contributed by atoms with E-state index < -0.39 is 18.0 Å². The number of benzene rings is 4. The molecule has 6 heteroatoms. The molecule has 34 heavy (non-hydrogen) atoms. The Hall–Kier alpha value is -4.29. The zero-order valence-electron chi connectivity index (χ0n) is 18.6. The van der Waals surface area contributed by atoms with Crippen LogP contribution in [0.3, 0.4) is 0 Å². The smallest absolute Gasteiger partial charge is 0.265 e. The van der Waals surface area contributed by atoms with Crippen molar-refractivity contribution in [2.75, 3.05) is 9.80 Å². The first-order valence-corrected chi connectivity index (χ1v) is 11.0. The van der Waals surface area contributed by atoms with Gasteiger partial charge in [0.2, 0.25) is 0 Å². The lowest BCUT2D eigenvalue weighted by Crippen LogP contribution is -2.42. The normalized spacial score (nSPS) is 17.0. The third-order valence-electron chi connectivity index (χ3n) is 6.64. The van der Waals surface area contributed by atoms with E-state index in [0.29, 0.717) is 44.4 Å². The van der Waals surface area contributed by atoms with Crippen molar-refractivity contribution in [3.05, 3.63) is 106 Å². The van der Waals surface area contributed by atoms with Crippen LogP contribution in [0.1, 0.15) is 54.0 Å². The fourth-order valence-corrected chi connectivity index (χ4v) is 4.88. The molecule has 6 nitrogen and oxygen atoms in total. The van der Waals surface area contributed by atoms with Gasteiger partial charge in [0, 0.05) is 38.7 Å². The molecule has 2 aliphatic rings. The highest BCUT2D eigenvalue weighted by Gasteiger charge is 2.40. The summed E-state index contributed by atoms with van der Waals surface area (Å²) in [6, 6.07) is 21.0. The molecule has 0 saturated carbocycles. The summed E-state index contributed by atoms with van der Waals surface area (Å²) in [5.41, 5.74) is 4.62. The summed E-state index contributed by atoms with van der Waals surface area (Å²) in [5, 5.41) is 12.1. The third kappa shape index (κ3) is 2.69. The summed E-state index contributed by atoms with van der Waals surface area (Å²) in [7, 11) is 0. The highest BCUT2D eigenvalue weighted by atomic mass is 16.3. The molecule has 0 spiro atoms. The number of aliphatic hydroxyl groups is 1. The molecular weight excluding hydrogens is 428 g/mol. The van der Waals surface area contributed by atoms with Gasteiger partial charge in [-0.2, -0.15) is 0 Å². The molecule has 0 radical (unpaired) electrons. The first-order valence-electron chi connectivity index (χ1n) is 11.0. The fraction of sp³-hybridized carbons (Fsp3) is 0.107. The average molecular weight is 448 g/mol. The van der Waals surface area contributed by atoms with Gasteiger partial charge in [-0.3, -0.25) is 19.3 Å². The molecule has 1 N–H and O–H groups in total. The number of hydrogen-bond donors (Lipinski definition) is 1. The predicted octanol–water partition coefficient (Wildman–Crippen LogP) is 4.91. The topological polar surface area (TPSA) is 77.9 Å². The summed E-state index contributed by atoms with van der Waals surface area (Å²) in [5.74, 6) is -1.28. The Labute approximate surface area is 195 Å². The summed E-state index contributed by atoms with van der Waals surface area (Å²) in [4.78, 5) is 42.9. The monoisotopic (exact) mass is 448 g/mol. The number of nitrogens with zero attached hydrogens (tertiary/aromatic N) is 2. The molecule has 166 valence electrons. The van der Waals surface area contributed by atoms with E-state index >= 15 is 0 Å². The van der Waals surface area contributed by atoms with E-state index in [2.05, 4.69) is 0 Å². The minimum Gasteiger partial charge on any atom is -0.369 e. The maximum atomic E-state index is 13.5. The van der Waals surface area contributed by atoms with Gasteiger partial charge in [0.1, 0.15) is 0 Å². The summed E-state index contributed by atoms with van der Waals surface area (Å²) >= 11 is 0. The zero-order chi connectivity index (χ0) is 23.7. The molecule has 6 rings (SSSR count). The van der Waals surface area contributed by atoms with Crippen molar-refractivity contribution in [2.45, 2.75) is 20.1 Å². The maximum Gasteiger partial charge on any atom is 0.265 e. The molecule has 0 aliphatic carbocycles. The number of amides is 3. The van der Waals surface area contributed by atoms with Crippen molar-refractivity contribution in [1.29, 1.82) is 0 Å². The number of aliphatic hydroxyl groups excluding tert-OH is 1. The molecule has 0 fully saturated rings. The van der Waals surface area contributed by atoms with Gasteiger partial charge in [0.05, 0.1) is 5.69 Å². The van der Waals surface area contributed by atoms with E-state index in [1.807, 2.05) is 38.1 Å².